The number of fused-ring (bicyclic) bond motifs is 1. The largest absolute Gasteiger partial charge is 0.478 e. The minimum absolute atomic E-state index is 0.00631. The van der Waals surface area contributed by atoms with E-state index in [-0.39, 0.29) is 27.8 Å². The molecule has 0 fully saturated rings. The van der Waals surface area contributed by atoms with Crippen LogP contribution in [0.15, 0.2) is 89.3 Å². The number of carboxylic acids is 1. The van der Waals surface area contributed by atoms with E-state index >= 15 is 0 Å². The monoisotopic (exact) mass is 513 g/mol. The van der Waals surface area contributed by atoms with Crippen molar-refractivity contribution in [1.29, 1.82) is 0 Å². The number of furan rings is 1. The van der Waals surface area contributed by atoms with Crippen LogP contribution in [-0.2, 0) is 0 Å². The van der Waals surface area contributed by atoms with Crippen LogP contribution in [0, 0.1) is 10.1 Å². The molecule has 0 spiro atoms. The lowest BCUT2D eigenvalue weighted by Crippen LogP contribution is -2.10. The molecule has 0 bridgehead atoms. The fraction of sp³-hybridized carbons (Fsp3) is 0. The van der Waals surface area contributed by atoms with Crippen LogP contribution >= 0.6 is 11.6 Å². The lowest BCUT2D eigenvalue weighted by Gasteiger charge is -2.09. The van der Waals surface area contributed by atoms with Crippen LogP contribution in [0.25, 0.3) is 33.5 Å². The molecule has 2 heterocycles. The smallest absolute Gasteiger partial charge is 0.336 e. The molecular weight excluding hydrogens is 498 g/mol. The number of amides is 1. The molecule has 5 rings (SSSR count). The number of pyridine rings is 1. The number of hydrogen-bond donors (Lipinski definition) is 2. The number of nitrogens with zero attached hydrogens (tertiary/aromatic N) is 2. The van der Waals surface area contributed by atoms with Gasteiger partial charge in [-0.1, -0.05) is 41.9 Å². The highest BCUT2D eigenvalue weighted by molar-refractivity contribution is 6.33. The van der Waals surface area contributed by atoms with Crippen molar-refractivity contribution in [1.82, 2.24) is 4.98 Å². The molecule has 0 aliphatic rings. The molecule has 0 unspecified atom stereocenters. The van der Waals surface area contributed by atoms with Crippen molar-refractivity contribution in [3.8, 4) is 22.6 Å². The second-order valence-corrected chi connectivity index (χ2v) is 8.40. The Kier molecular flexibility index (Phi) is 6.12. The number of halogens is 1. The van der Waals surface area contributed by atoms with Gasteiger partial charge in [-0.25, -0.2) is 9.78 Å². The molecule has 1 amide bonds. The lowest BCUT2D eigenvalue weighted by atomic mass is 10.0. The number of aromatic nitrogens is 1. The van der Waals surface area contributed by atoms with Gasteiger partial charge in [0.1, 0.15) is 5.76 Å². The van der Waals surface area contributed by atoms with E-state index in [2.05, 4.69) is 10.3 Å². The van der Waals surface area contributed by atoms with Gasteiger partial charge < -0.3 is 14.8 Å². The van der Waals surface area contributed by atoms with Crippen molar-refractivity contribution in [2.24, 2.45) is 0 Å². The van der Waals surface area contributed by atoms with Gasteiger partial charge in [-0.15, -0.1) is 0 Å². The fourth-order valence-corrected chi connectivity index (χ4v) is 4.14. The topological polar surface area (TPSA) is 136 Å². The number of rotatable bonds is 6. The van der Waals surface area contributed by atoms with Gasteiger partial charge in [0.25, 0.3) is 11.6 Å². The SMILES string of the molecule is O=C(Nc1cccc(-c2cc(C(=O)O)c3ccccc3n2)c1)c1ccc(-c2ccc([N+](=O)[O-])cc2Cl)o1. The molecule has 37 heavy (non-hydrogen) atoms. The predicted octanol–water partition coefficient (Wildman–Crippen LogP) is 6.67. The summed E-state index contributed by atoms with van der Waals surface area (Å²) >= 11 is 6.16. The fourth-order valence-electron chi connectivity index (χ4n) is 3.87. The normalized spacial score (nSPS) is 10.8. The van der Waals surface area contributed by atoms with Crippen LogP contribution in [0.2, 0.25) is 5.02 Å². The summed E-state index contributed by atoms with van der Waals surface area (Å²) < 4.78 is 5.65. The number of benzene rings is 3. The molecule has 2 aromatic heterocycles. The Hall–Kier alpha value is -5.02. The number of carboxylic acid groups (broad SMARTS) is 1. The van der Waals surface area contributed by atoms with Crippen molar-refractivity contribution < 1.29 is 24.0 Å². The quantitative estimate of drug-likeness (QED) is 0.191. The Bertz CT molecular complexity index is 1710. The highest BCUT2D eigenvalue weighted by atomic mass is 35.5. The van der Waals surface area contributed by atoms with Crippen LogP contribution in [0.3, 0.4) is 0 Å². The van der Waals surface area contributed by atoms with Crippen LogP contribution < -0.4 is 5.32 Å². The van der Waals surface area contributed by atoms with E-state index in [9.17, 15) is 24.8 Å². The number of aromatic carboxylic acids is 1. The number of nitro groups is 1. The maximum absolute atomic E-state index is 12.8. The molecule has 0 atom stereocenters. The molecule has 0 radical (unpaired) electrons. The lowest BCUT2D eigenvalue weighted by molar-refractivity contribution is -0.384. The molecule has 0 saturated carbocycles. The van der Waals surface area contributed by atoms with Crippen molar-refractivity contribution in [2.75, 3.05) is 5.32 Å². The van der Waals surface area contributed by atoms with E-state index in [0.29, 0.717) is 33.4 Å². The number of carbonyl (C=O) groups is 2. The Balaban J connectivity index is 1.40. The molecule has 3 aromatic carbocycles. The van der Waals surface area contributed by atoms with Gasteiger partial charge in [0, 0.05) is 34.3 Å². The Morgan fingerprint density at radius 1 is 0.973 bits per heavy atom. The van der Waals surface area contributed by atoms with E-state index in [1.807, 2.05) is 0 Å². The minimum Gasteiger partial charge on any atom is -0.478 e. The first kappa shape index (κ1) is 23.7. The highest BCUT2D eigenvalue weighted by Crippen LogP contribution is 2.33. The first-order valence-corrected chi connectivity index (χ1v) is 11.3. The van der Waals surface area contributed by atoms with Crippen LogP contribution in [0.1, 0.15) is 20.9 Å². The van der Waals surface area contributed by atoms with E-state index in [4.69, 9.17) is 16.0 Å². The molecule has 5 aromatic rings. The number of para-hydroxylation sites is 1. The Labute approximate surface area is 214 Å². The zero-order valence-corrected chi connectivity index (χ0v) is 19.6. The number of hydrogen-bond acceptors (Lipinski definition) is 6. The molecular formula is C27H16ClN3O6. The summed E-state index contributed by atoms with van der Waals surface area (Å²) in [5.74, 6) is -1.31. The summed E-state index contributed by atoms with van der Waals surface area (Å²) in [6.45, 7) is 0. The van der Waals surface area contributed by atoms with Crippen molar-refractivity contribution in [2.45, 2.75) is 0 Å². The number of non-ortho nitro benzene ring substituents is 1. The van der Waals surface area contributed by atoms with Gasteiger partial charge >= 0.3 is 5.97 Å². The Morgan fingerprint density at radius 2 is 1.78 bits per heavy atom. The van der Waals surface area contributed by atoms with Gasteiger partial charge in [-0.2, -0.15) is 0 Å². The molecule has 2 N–H and O–H groups in total. The average molecular weight is 514 g/mol. The summed E-state index contributed by atoms with van der Waals surface area (Å²) in [7, 11) is 0. The molecule has 10 heteroatoms. The molecule has 0 aliphatic heterocycles. The third-order valence-corrected chi connectivity index (χ3v) is 5.93. The molecule has 0 aliphatic carbocycles. The van der Waals surface area contributed by atoms with E-state index < -0.39 is 16.8 Å². The van der Waals surface area contributed by atoms with Gasteiger partial charge in [-0.05, 0) is 42.5 Å². The third kappa shape index (κ3) is 4.75. The van der Waals surface area contributed by atoms with Crippen molar-refractivity contribution in [3.63, 3.8) is 0 Å². The standard InChI is InChI=1S/C27H16ClN3O6/c28-21-13-17(31(35)36)8-9-19(21)24-10-11-25(37-24)26(32)29-16-5-3-4-15(12-16)23-14-20(27(33)34)18-6-1-2-7-22(18)30-23/h1-14H,(H,29,32)(H,33,34). The van der Waals surface area contributed by atoms with Gasteiger partial charge in [0.2, 0.25) is 0 Å². The molecule has 9 nitrogen and oxygen atoms in total. The van der Waals surface area contributed by atoms with E-state index in [0.717, 1.165) is 0 Å². The Morgan fingerprint density at radius 3 is 2.54 bits per heavy atom. The maximum Gasteiger partial charge on any atom is 0.336 e. The van der Waals surface area contributed by atoms with Crippen molar-refractivity contribution in [3.05, 3.63) is 111 Å². The van der Waals surface area contributed by atoms with Crippen LogP contribution in [-0.4, -0.2) is 26.9 Å². The molecule has 0 saturated heterocycles. The highest BCUT2D eigenvalue weighted by Gasteiger charge is 2.17. The van der Waals surface area contributed by atoms with Gasteiger partial charge in [-0.3, -0.25) is 14.9 Å². The van der Waals surface area contributed by atoms with Crippen molar-refractivity contribution >= 4 is 45.8 Å². The summed E-state index contributed by atoms with van der Waals surface area (Å²) in [6, 6.07) is 22.3. The van der Waals surface area contributed by atoms with Crippen LogP contribution in [0.4, 0.5) is 11.4 Å². The zero-order chi connectivity index (χ0) is 26.1. The summed E-state index contributed by atoms with van der Waals surface area (Å²) in [4.78, 5) is 39.6. The van der Waals surface area contributed by atoms with Gasteiger partial charge in [0.05, 0.1) is 26.7 Å². The summed E-state index contributed by atoms with van der Waals surface area (Å²) in [5.41, 5.74) is 2.42. The zero-order valence-electron chi connectivity index (χ0n) is 18.8. The minimum atomic E-state index is -1.06. The predicted molar refractivity (Wildman–Crippen MR) is 138 cm³/mol. The summed E-state index contributed by atoms with van der Waals surface area (Å²) in [6.07, 6.45) is 0. The number of nitro benzene ring substituents is 1. The second-order valence-electron chi connectivity index (χ2n) is 8.00. The first-order valence-electron chi connectivity index (χ1n) is 10.9. The second kappa shape index (κ2) is 9.56. The summed E-state index contributed by atoms with van der Waals surface area (Å²) in [5, 5.41) is 24.0. The first-order chi connectivity index (χ1) is 17.8. The third-order valence-electron chi connectivity index (χ3n) is 5.62. The van der Waals surface area contributed by atoms with E-state index in [1.165, 1.54) is 30.3 Å². The van der Waals surface area contributed by atoms with E-state index in [1.54, 1.807) is 54.6 Å². The maximum atomic E-state index is 12.8. The average Bonchev–Trinajstić information content (AvgIpc) is 3.38. The number of carbonyl (C=O) groups excluding carboxylic acids is 1. The van der Waals surface area contributed by atoms with Crippen LogP contribution in [0.5, 0.6) is 0 Å². The number of nitrogens with one attached hydrogen (secondary N) is 1. The van der Waals surface area contributed by atoms with Gasteiger partial charge in [0.15, 0.2) is 5.76 Å². The molecule has 182 valence electrons. The number of anilines is 1.